The second-order valence-corrected chi connectivity index (χ2v) is 2.67. The second-order valence-electron chi connectivity index (χ2n) is 2.67. The quantitative estimate of drug-likeness (QED) is 0.503. The topological polar surface area (TPSA) is 90.2 Å². The van der Waals surface area contributed by atoms with Gasteiger partial charge in [0.15, 0.2) is 17.8 Å². The van der Waals surface area contributed by atoms with Crippen LogP contribution < -0.4 is 4.74 Å². The number of benzene rings is 1. The number of phenolic OH excluding ortho intramolecular Hbond substituents is 1. The molecule has 4 N–H and O–H groups in total. The summed E-state index contributed by atoms with van der Waals surface area (Å²) in [5.41, 5.74) is 0.218. The van der Waals surface area contributed by atoms with E-state index in [2.05, 4.69) is 0 Å². The zero-order valence-electron chi connectivity index (χ0n) is 7.42. The van der Waals surface area contributed by atoms with Crippen LogP contribution in [0.1, 0.15) is 11.9 Å². The smallest absolute Gasteiger partial charge is 0.178 e. The first-order valence-corrected chi connectivity index (χ1v) is 4.08. The average molecular weight is 200 g/mol. The summed E-state index contributed by atoms with van der Waals surface area (Å²) in [6.45, 7) is -0.135. The maximum atomic E-state index is 9.27. The molecule has 0 saturated carbocycles. The van der Waals surface area contributed by atoms with Gasteiger partial charge in [0.25, 0.3) is 0 Å². The molecule has 5 heteroatoms. The third-order valence-electron chi connectivity index (χ3n) is 1.63. The third kappa shape index (κ3) is 2.59. The van der Waals surface area contributed by atoms with Crippen LogP contribution in [0.2, 0.25) is 0 Å². The molecule has 78 valence electrons. The first kappa shape index (κ1) is 10.8. The van der Waals surface area contributed by atoms with E-state index in [0.29, 0.717) is 0 Å². The van der Waals surface area contributed by atoms with Gasteiger partial charge in [0, 0.05) is 5.56 Å². The van der Waals surface area contributed by atoms with E-state index in [4.69, 9.17) is 20.1 Å². The van der Waals surface area contributed by atoms with Gasteiger partial charge in [-0.05, 0) is 12.1 Å². The zero-order chi connectivity index (χ0) is 10.6. The van der Waals surface area contributed by atoms with Gasteiger partial charge in [-0.25, -0.2) is 0 Å². The van der Waals surface area contributed by atoms with E-state index in [-0.39, 0.29) is 30.3 Å². The minimum atomic E-state index is -1.60. The lowest BCUT2D eigenvalue weighted by molar-refractivity contribution is -0.0426. The number of hydrogen-bond acceptors (Lipinski definition) is 5. The van der Waals surface area contributed by atoms with Gasteiger partial charge >= 0.3 is 0 Å². The second kappa shape index (κ2) is 4.80. The summed E-state index contributed by atoms with van der Waals surface area (Å²) in [7, 11) is 0. The molecule has 0 heterocycles. The predicted octanol–water partition coefficient (Wildman–Crippen LogP) is -0.254. The van der Waals surface area contributed by atoms with Crippen molar-refractivity contribution in [1.29, 1.82) is 0 Å². The van der Waals surface area contributed by atoms with E-state index >= 15 is 0 Å². The van der Waals surface area contributed by atoms with Gasteiger partial charge in [-0.2, -0.15) is 0 Å². The van der Waals surface area contributed by atoms with Crippen molar-refractivity contribution >= 4 is 0 Å². The van der Waals surface area contributed by atoms with Gasteiger partial charge in [-0.1, -0.05) is 6.07 Å². The third-order valence-corrected chi connectivity index (χ3v) is 1.63. The summed E-state index contributed by atoms with van der Waals surface area (Å²) in [6, 6.07) is 3.96. The highest BCUT2D eigenvalue weighted by Crippen LogP contribution is 2.28. The fraction of sp³-hybridized carbons (Fsp3) is 0.333. The summed E-state index contributed by atoms with van der Waals surface area (Å²) in [5.74, 6) is 0.00694. The van der Waals surface area contributed by atoms with Crippen molar-refractivity contribution in [2.75, 3.05) is 13.2 Å². The molecule has 14 heavy (non-hydrogen) atoms. The van der Waals surface area contributed by atoms with Crippen molar-refractivity contribution in [3.63, 3.8) is 0 Å². The molecule has 0 radical (unpaired) electrons. The minimum Gasteiger partial charge on any atom is -0.504 e. The van der Waals surface area contributed by atoms with E-state index in [1.807, 2.05) is 0 Å². The average Bonchev–Trinajstić information content (AvgIpc) is 2.16. The maximum Gasteiger partial charge on any atom is 0.178 e. The van der Waals surface area contributed by atoms with Crippen LogP contribution in [0.25, 0.3) is 0 Å². The summed E-state index contributed by atoms with van der Waals surface area (Å²) in [5, 5.41) is 35.4. The Balaban J connectivity index is 2.85. The van der Waals surface area contributed by atoms with E-state index in [9.17, 15) is 5.11 Å². The lowest BCUT2D eigenvalue weighted by atomic mass is 10.2. The van der Waals surface area contributed by atoms with Crippen molar-refractivity contribution < 1.29 is 25.2 Å². The molecular weight excluding hydrogens is 188 g/mol. The normalized spacial score (nSPS) is 10.6. The van der Waals surface area contributed by atoms with Crippen LogP contribution in [0.5, 0.6) is 11.5 Å². The van der Waals surface area contributed by atoms with Crippen LogP contribution in [0, 0.1) is 0 Å². The van der Waals surface area contributed by atoms with Crippen molar-refractivity contribution in [1.82, 2.24) is 0 Å². The lowest BCUT2D eigenvalue weighted by Gasteiger charge is -2.09. The van der Waals surface area contributed by atoms with E-state index in [1.54, 1.807) is 0 Å². The largest absolute Gasteiger partial charge is 0.504 e. The van der Waals surface area contributed by atoms with Crippen LogP contribution in [0.15, 0.2) is 18.2 Å². The molecule has 0 saturated heterocycles. The number of ether oxygens (including phenoxy) is 1. The highest BCUT2D eigenvalue weighted by Gasteiger charge is 2.07. The van der Waals surface area contributed by atoms with Gasteiger partial charge in [0.1, 0.15) is 6.61 Å². The van der Waals surface area contributed by atoms with Crippen molar-refractivity contribution in [3.8, 4) is 11.5 Å². The molecule has 0 aliphatic rings. The Hall–Kier alpha value is -1.30. The first-order chi connectivity index (χ1) is 6.65. The fourth-order valence-electron chi connectivity index (χ4n) is 0.963. The highest BCUT2D eigenvalue weighted by atomic mass is 16.5. The summed E-state index contributed by atoms with van der Waals surface area (Å²) >= 11 is 0. The fourth-order valence-corrected chi connectivity index (χ4v) is 0.963. The summed E-state index contributed by atoms with van der Waals surface area (Å²) < 4.78 is 4.95. The van der Waals surface area contributed by atoms with Gasteiger partial charge < -0.3 is 25.2 Å². The van der Waals surface area contributed by atoms with E-state index in [0.717, 1.165) is 0 Å². The van der Waals surface area contributed by atoms with E-state index in [1.165, 1.54) is 18.2 Å². The Labute approximate surface area is 80.8 Å². The van der Waals surface area contributed by atoms with Gasteiger partial charge in [-0.15, -0.1) is 0 Å². The molecule has 0 unspecified atom stereocenters. The Morgan fingerprint density at radius 1 is 1.29 bits per heavy atom. The SMILES string of the molecule is OCCOc1cc(C(O)O)ccc1O. The number of aliphatic hydroxyl groups excluding tert-OH is 2. The van der Waals surface area contributed by atoms with Crippen molar-refractivity contribution in [2.45, 2.75) is 6.29 Å². The first-order valence-electron chi connectivity index (χ1n) is 4.08. The molecule has 0 atom stereocenters. The zero-order valence-corrected chi connectivity index (χ0v) is 7.42. The van der Waals surface area contributed by atoms with Crippen LogP contribution in [0.4, 0.5) is 0 Å². The van der Waals surface area contributed by atoms with Gasteiger partial charge in [0.2, 0.25) is 0 Å². The molecular formula is C9H12O5. The molecule has 0 spiro atoms. The van der Waals surface area contributed by atoms with Crippen LogP contribution in [-0.2, 0) is 0 Å². The Morgan fingerprint density at radius 2 is 2.00 bits per heavy atom. The lowest BCUT2D eigenvalue weighted by Crippen LogP contribution is -2.03. The molecule has 0 aliphatic carbocycles. The predicted molar refractivity (Wildman–Crippen MR) is 47.9 cm³/mol. The maximum absolute atomic E-state index is 9.27. The van der Waals surface area contributed by atoms with Crippen molar-refractivity contribution in [3.05, 3.63) is 23.8 Å². The summed E-state index contributed by atoms with van der Waals surface area (Å²) in [4.78, 5) is 0. The minimum absolute atomic E-state index is 0.0402. The molecule has 1 aromatic carbocycles. The van der Waals surface area contributed by atoms with Crippen LogP contribution in [-0.4, -0.2) is 33.6 Å². The molecule has 0 aliphatic heterocycles. The molecule has 5 nitrogen and oxygen atoms in total. The number of rotatable bonds is 4. The number of aliphatic hydroxyl groups is 3. The number of phenols is 1. The van der Waals surface area contributed by atoms with Crippen molar-refractivity contribution in [2.24, 2.45) is 0 Å². The molecule has 0 fully saturated rings. The number of hydrogen-bond donors (Lipinski definition) is 4. The van der Waals surface area contributed by atoms with Crippen LogP contribution >= 0.6 is 0 Å². The Morgan fingerprint density at radius 3 is 2.57 bits per heavy atom. The van der Waals surface area contributed by atoms with Gasteiger partial charge in [-0.3, -0.25) is 0 Å². The van der Waals surface area contributed by atoms with Gasteiger partial charge in [0.05, 0.1) is 6.61 Å². The highest BCUT2D eigenvalue weighted by molar-refractivity contribution is 5.42. The molecule has 0 aromatic heterocycles. The molecule has 1 rings (SSSR count). The van der Waals surface area contributed by atoms with Crippen LogP contribution in [0.3, 0.4) is 0 Å². The molecule has 0 bridgehead atoms. The monoisotopic (exact) mass is 200 g/mol. The van der Waals surface area contributed by atoms with E-state index < -0.39 is 6.29 Å². The molecule has 0 amide bonds. The number of aromatic hydroxyl groups is 1. The summed E-state index contributed by atoms with van der Waals surface area (Å²) in [6.07, 6.45) is -1.60. The molecule has 1 aromatic rings. The Bertz CT molecular complexity index is 297. The standard InChI is InChI=1S/C9H12O5/c10-3-4-14-8-5-6(9(12)13)1-2-7(8)11/h1-2,5,9-13H,3-4H2. The Kier molecular flexibility index (Phi) is 3.70.